The Morgan fingerprint density at radius 2 is 1.81 bits per heavy atom. The monoisotopic (exact) mass is 502 g/mol. The SMILES string of the molecule is C=CC(=O)Nc1ccc(Oc2c(C)cc(F)cc2C)c(-n2cc(C)c(=O)c3[nH]c(C(=O)NCC)cc32)c1. The zero-order valence-corrected chi connectivity index (χ0v) is 21.0. The van der Waals surface area contributed by atoms with Crippen molar-refractivity contribution in [3.05, 3.63) is 93.7 Å². The number of hydrogen-bond acceptors (Lipinski definition) is 4. The van der Waals surface area contributed by atoms with Crippen LogP contribution in [0.4, 0.5) is 10.1 Å². The molecule has 0 aliphatic carbocycles. The number of anilines is 1. The van der Waals surface area contributed by atoms with Crippen molar-refractivity contribution in [3.8, 4) is 17.2 Å². The molecule has 37 heavy (non-hydrogen) atoms. The van der Waals surface area contributed by atoms with E-state index in [1.807, 2.05) is 0 Å². The highest BCUT2D eigenvalue weighted by molar-refractivity contribution is 5.99. The molecule has 0 aliphatic heterocycles. The minimum Gasteiger partial charge on any atom is -0.455 e. The lowest BCUT2D eigenvalue weighted by atomic mass is 10.1. The van der Waals surface area contributed by atoms with Gasteiger partial charge in [0.15, 0.2) is 5.75 Å². The summed E-state index contributed by atoms with van der Waals surface area (Å²) in [5.74, 6) is -0.237. The molecule has 0 saturated heterocycles. The van der Waals surface area contributed by atoms with Crippen molar-refractivity contribution in [2.24, 2.45) is 0 Å². The van der Waals surface area contributed by atoms with Crippen LogP contribution in [-0.4, -0.2) is 27.9 Å². The maximum atomic E-state index is 13.9. The van der Waals surface area contributed by atoms with Gasteiger partial charge in [-0.2, -0.15) is 0 Å². The first kappa shape index (κ1) is 25.4. The quantitative estimate of drug-likeness (QED) is 0.308. The van der Waals surface area contributed by atoms with Crippen LogP contribution in [0.2, 0.25) is 0 Å². The van der Waals surface area contributed by atoms with Gasteiger partial charge in [0.2, 0.25) is 11.3 Å². The molecule has 2 heterocycles. The van der Waals surface area contributed by atoms with Crippen molar-refractivity contribution in [3.63, 3.8) is 0 Å². The van der Waals surface area contributed by atoms with Crippen molar-refractivity contribution in [2.75, 3.05) is 11.9 Å². The van der Waals surface area contributed by atoms with E-state index >= 15 is 0 Å². The molecule has 0 fully saturated rings. The van der Waals surface area contributed by atoms with Crippen LogP contribution in [0.15, 0.2) is 60.0 Å². The Morgan fingerprint density at radius 1 is 1.11 bits per heavy atom. The number of aromatic amines is 1. The Bertz CT molecular complexity index is 1590. The lowest BCUT2D eigenvalue weighted by molar-refractivity contribution is -0.111. The molecule has 8 nitrogen and oxygen atoms in total. The van der Waals surface area contributed by atoms with Crippen molar-refractivity contribution < 1.29 is 18.7 Å². The largest absolute Gasteiger partial charge is 0.455 e. The summed E-state index contributed by atoms with van der Waals surface area (Å²) in [6, 6.07) is 9.38. The van der Waals surface area contributed by atoms with Crippen molar-refractivity contribution >= 4 is 28.5 Å². The van der Waals surface area contributed by atoms with E-state index in [0.29, 0.717) is 51.6 Å². The van der Waals surface area contributed by atoms with Crippen molar-refractivity contribution in [1.82, 2.24) is 14.9 Å². The molecule has 0 unspecified atom stereocenters. The number of hydrogen-bond donors (Lipinski definition) is 3. The Kier molecular flexibility index (Phi) is 6.97. The van der Waals surface area contributed by atoms with E-state index < -0.39 is 5.91 Å². The van der Waals surface area contributed by atoms with Gasteiger partial charge in [0, 0.05) is 24.0 Å². The lowest BCUT2D eigenvalue weighted by Gasteiger charge is -2.19. The molecule has 0 atom stereocenters. The number of nitrogens with one attached hydrogen (secondary N) is 3. The number of aromatic nitrogens is 2. The number of nitrogens with zero attached hydrogens (tertiary/aromatic N) is 1. The number of pyridine rings is 1. The van der Waals surface area contributed by atoms with E-state index in [-0.39, 0.29) is 28.4 Å². The average molecular weight is 503 g/mol. The standard InChI is InChI=1S/C28H27FN4O4/c1-6-24(34)31-19-8-9-23(37-27-15(3)10-18(29)11-16(27)4)21(12-19)33-14-17(5)26(35)25-22(33)13-20(32-25)28(36)30-7-2/h6,8-14,32H,1,7H2,2-5H3,(H,30,36)(H,31,34). The summed E-state index contributed by atoms with van der Waals surface area (Å²) in [5.41, 5.74) is 3.27. The Morgan fingerprint density at radius 3 is 2.46 bits per heavy atom. The van der Waals surface area contributed by atoms with E-state index in [9.17, 15) is 18.8 Å². The summed E-state index contributed by atoms with van der Waals surface area (Å²) in [5, 5.41) is 5.45. The Hall–Kier alpha value is -4.66. The summed E-state index contributed by atoms with van der Waals surface area (Å²) in [6.07, 6.45) is 2.80. The summed E-state index contributed by atoms with van der Waals surface area (Å²) >= 11 is 0. The predicted octanol–water partition coefficient (Wildman–Crippen LogP) is 5.05. The van der Waals surface area contributed by atoms with Crippen LogP contribution in [0.3, 0.4) is 0 Å². The second kappa shape index (κ2) is 10.1. The second-order valence-electron chi connectivity index (χ2n) is 8.66. The molecule has 0 aliphatic rings. The molecule has 9 heteroatoms. The molecular formula is C28H27FN4O4. The second-order valence-corrected chi connectivity index (χ2v) is 8.66. The number of aryl methyl sites for hydroxylation is 3. The van der Waals surface area contributed by atoms with E-state index in [0.717, 1.165) is 6.08 Å². The molecule has 2 aromatic heterocycles. The van der Waals surface area contributed by atoms with Gasteiger partial charge in [-0.1, -0.05) is 6.58 Å². The zero-order chi connectivity index (χ0) is 26.9. The molecule has 3 N–H and O–H groups in total. The molecule has 2 amide bonds. The van der Waals surface area contributed by atoms with E-state index in [1.54, 1.807) is 62.7 Å². The van der Waals surface area contributed by atoms with Gasteiger partial charge < -0.3 is 24.9 Å². The predicted molar refractivity (Wildman–Crippen MR) is 141 cm³/mol. The number of amides is 2. The molecular weight excluding hydrogens is 475 g/mol. The van der Waals surface area contributed by atoms with Gasteiger partial charge in [-0.15, -0.1) is 0 Å². The third kappa shape index (κ3) is 5.02. The van der Waals surface area contributed by atoms with Gasteiger partial charge >= 0.3 is 0 Å². The Balaban J connectivity index is 1.97. The molecule has 0 bridgehead atoms. The van der Waals surface area contributed by atoms with Crippen molar-refractivity contribution in [1.29, 1.82) is 0 Å². The van der Waals surface area contributed by atoms with Crippen molar-refractivity contribution in [2.45, 2.75) is 27.7 Å². The summed E-state index contributed by atoms with van der Waals surface area (Å²) in [4.78, 5) is 40.4. The minimum atomic E-state index is -0.397. The van der Waals surface area contributed by atoms with E-state index in [2.05, 4.69) is 22.2 Å². The molecule has 190 valence electrons. The smallest absolute Gasteiger partial charge is 0.267 e. The topological polar surface area (TPSA) is 105 Å². The molecule has 0 radical (unpaired) electrons. The number of ether oxygens (including phenoxy) is 1. The first-order valence-electron chi connectivity index (χ1n) is 11.7. The van der Waals surface area contributed by atoms with Crippen LogP contribution in [0, 0.1) is 26.6 Å². The van der Waals surface area contributed by atoms with Crippen LogP contribution in [0.5, 0.6) is 11.5 Å². The maximum absolute atomic E-state index is 13.9. The number of rotatable bonds is 7. The maximum Gasteiger partial charge on any atom is 0.267 e. The highest BCUT2D eigenvalue weighted by Crippen LogP contribution is 2.36. The first-order chi connectivity index (χ1) is 17.6. The molecule has 4 rings (SSSR count). The number of fused-ring (bicyclic) bond motifs is 1. The summed E-state index contributed by atoms with van der Waals surface area (Å²) in [6.45, 7) is 10.9. The highest BCUT2D eigenvalue weighted by atomic mass is 19.1. The summed E-state index contributed by atoms with van der Waals surface area (Å²) in [7, 11) is 0. The Labute approximate surface area is 212 Å². The average Bonchev–Trinajstić information content (AvgIpc) is 3.30. The minimum absolute atomic E-state index is 0.233. The van der Waals surface area contributed by atoms with Gasteiger partial charge in [0.1, 0.15) is 22.8 Å². The van der Waals surface area contributed by atoms with Crippen LogP contribution in [0.1, 0.15) is 34.1 Å². The number of carbonyl (C=O) groups is 2. The van der Waals surface area contributed by atoms with Gasteiger partial charge in [0.25, 0.3) is 5.91 Å². The van der Waals surface area contributed by atoms with Crippen LogP contribution in [0.25, 0.3) is 16.7 Å². The van der Waals surface area contributed by atoms with Gasteiger partial charge in [-0.3, -0.25) is 14.4 Å². The summed E-state index contributed by atoms with van der Waals surface area (Å²) < 4.78 is 21.9. The zero-order valence-electron chi connectivity index (χ0n) is 21.0. The number of halogens is 1. The highest BCUT2D eigenvalue weighted by Gasteiger charge is 2.19. The number of H-pyrrole nitrogens is 1. The third-order valence-corrected chi connectivity index (χ3v) is 5.85. The van der Waals surface area contributed by atoms with Gasteiger partial charge in [0.05, 0.1) is 11.2 Å². The molecule has 0 spiro atoms. The lowest BCUT2D eigenvalue weighted by Crippen LogP contribution is -2.22. The van der Waals surface area contributed by atoms with E-state index in [1.165, 1.54) is 12.1 Å². The van der Waals surface area contributed by atoms with Crippen LogP contribution >= 0.6 is 0 Å². The van der Waals surface area contributed by atoms with Crippen LogP contribution < -0.4 is 20.8 Å². The molecule has 0 saturated carbocycles. The van der Waals surface area contributed by atoms with E-state index in [4.69, 9.17) is 4.74 Å². The third-order valence-electron chi connectivity index (χ3n) is 5.85. The van der Waals surface area contributed by atoms with Gasteiger partial charge in [-0.05, 0) is 81.3 Å². The molecule has 4 aromatic rings. The molecule has 2 aromatic carbocycles. The van der Waals surface area contributed by atoms with Crippen LogP contribution in [-0.2, 0) is 4.79 Å². The first-order valence-corrected chi connectivity index (χ1v) is 11.7. The number of carbonyl (C=O) groups excluding carboxylic acids is 2. The fourth-order valence-corrected chi connectivity index (χ4v) is 4.13. The number of benzene rings is 2. The normalized spacial score (nSPS) is 10.8. The fraction of sp³-hybridized carbons (Fsp3) is 0.179. The van der Waals surface area contributed by atoms with Gasteiger partial charge in [-0.25, -0.2) is 4.39 Å². The fourth-order valence-electron chi connectivity index (χ4n) is 4.13.